The molecule has 1 rings (SSSR count). The molecule has 0 N–H and O–H groups in total. The molecule has 0 heterocycles. The maximum atomic E-state index is 12.8. The number of nitrogens with zero attached hydrogens (tertiary/aromatic N) is 2. The lowest BCUT2D eigenvalue weighted by Crippen LogP contribution is -2.36. The molecule has 1 aromatic rings. The Morgan fingerprint density at radius 1 is 1.53 bits per heavy atom. The molecule has 0 saturated carbocycles. The number of alkyl halides is 1. The highest BCUT2D eigenvalue weighted by Crippen LogP contribution is 2.17. The molecule has 0 spiro atoms. The Hall–Kier alpha value is -1.60. The van der Waals surface area contributed by atoms with Crippen molar-refractivity contribution in [3.05, 3.63) is 30.1 Å². The van der Waals surface area contributed by atoms with Crippen LogP contribution in [0.15, 0.2) is 24.3 Å². The third kappa shape index (κ3) is 3.72. The first-order valence-corrected chi connectivity index (χ1v) is 5.58. The molecule has 1 amide bonds. The van der Waals surface area contributed by atoms with Gasteiger partial charge in [0.25, 0.3) is 0 Å². The molecule has 1 aromatic carbocycles. The van der Waals surface area contributed by atoms with Gasteiger partial charge in [0.2, 0.25) is 5.91 Å². The Labute approximate surface area is 104 Å². The van der Waals surface area contributed by atoms with Crippen molar-refractivity contribution in [1.82, 2.24) is 0 Å². The lowest BCUT2D eigenvalue weighted by atomic mass is 10.2. The summed E-state index contributed by atoms with van der Waals surface area (Å²) in [5, 5.41) is 7.86. The lowest BCUT2D eigenvalue weighted by molar-refractivity contribution is -0.118. The Bertz CT molecular complexity index is 425. The maximum absolute atomic E-state index is 12.8. The molecule has 0 bridgehead atoms. The second-order valence-electron chi connectivity index (χ2n) is 3.49. The zero-order valence-electron chi connectivity index (χ0n) is 9.36. The number of nitriles is 1. The summed E-state index contributed by atoms with van der Waals surface area (Å²) in [5.74, 6) is -0.672. The Morgan fingerprint density at radius 2 is 2.12 bits per heavy atom. The number of hydrogen-bond acceptors (Lipinski definition) is 2. The van der Waals surface area contributed by atoms with Crippen molar-refractivity contribution in [3.63, 3.8) is 0 Å². The van der Waals surface area contributed by atoms with Gasteiger partial charge in [0.1, 0.15) is 11.2 Å². The van der Waals surface area contributed by atoms with Crippen LogP contribution in [0.25, 0.3) is 0 Å². The van der Waals surface area contributed by atoms with Gasteiger partial charge < -0.3 is 4.90 Å². The lowest BCUT2D eigenvalue weighted by Gasteiger charge is -2.22. The maximum Gasteiger partial charge on any atom is 0.244 e. The van der Waals surface area contributed by atoms with Crippen molar-refractivity contribution in [3.8, 4) is 6.07 Å². The molecule has 1 atom stereocenters. The first-order valence-electron chi connectivity index (χ1n) is 5.14. The molecule has 0 aliphatic rings. The minimum absolute atomic E-state index is 0.201. The van der Waals surface area contributed by atoms with Crippen molar-refractivity contribution < 1.29 is 9.18 Å². The van der Waals surface area contributed by atoms with Gasteiger partial charge in [0.05, 0.1) is 12.5 Å². The summed E-state index contributed by atoms with van der Waals surface area (Å²) in [6, 6.07) is 7.47. The van der Waals surface area contributed by atoms with E-state index in [0.717, 1.165) is 0 Å². The number of carbonyl (C=O) groups is 1. The number of hydrogen-bond donors (Lipinski definition) is 0. The van der Waals surface area contributed by atoms with E-state index in [9.17, 15) is 9.18 Å². The normalized spacial score (nSPS) is 11.6. The average Bonchev–Trinajstić information content (AvgIpc) is 2.31. The Balaban J connectivity index is 2.94. The predicted octanol–water partition coefficient (Wildman–Crippen LogP) is 2.70. The van der Waals surface area contributed by atoms with E-state index in [1.54, 1.807) is 6.92 Å². The molecule has 0 aliphatic carbocycles. The van der Waals surface area contributed by atoms with Gasteiger partial charge in [0.15, 0.2) is 0 Å². The predicted molar refractivity (Wildman–Crippen MR) is 64.3 cm³/mol. The van der Waals surface area contributed by atoms with Crippen LogP contribution in [0.2, 0.25) is 0 Å². The van der Waals surface area contributed by atoms with Crippen LogP contribution in [0.4, 0.5) is 10.1 Å². The second kappa shape index (κ2) is 6.21. The molecule has 0 aromatic heterocycles. The van der Waals surface area contributed by atoms with Gasteiger partial charge in [-0.15, -0.1) is 11.6 Å². The van der Waals surface area contributed by atoms with Gasteiger partial charge in [-0.2, -0.15) is 5.26 Å². The fourth-order valence-corrected chi connectivity index (χ4v) is 1.48. The van der Waals surface area contributed by atoms with Gasteiger partial charge in [-0.1, -0.05) is 0 Å². The zero-order chi connectivity index (χ0) is 12.8. The highest BCUT2D eigenvalue weighted by Gasteiger charge is 2.19. The number of carbonyl (C=O) groups excluding carboxylic acids is 1. The second-order valence-corrected chi connectivity index (χ2v) is 4.15. The van der Waals surface area contributed by atoms with E-state index in [1.807, 2.05) is 6.07 Å². The van der Waals surface area contributed by atoms with E-state index in [1.165, 1.54) is 29.2 Å². The summed E-state index contributed by atoms with van der Waals surface area (Å²) in [5.41, 5.74) is 0.541. The van der Waals surface area contributed by atoms with Crippen molar-refractivity contribution in [1.29, 1.82) is 5.26 Å². The van der Waals surface area contributed by atoms with Gasteiger partial charge in [0, 0.05) is 12.2 Å². The van der Waals surface area contributed by atoms with Gasteiger partial charge >= 0.3 is 0 Å². The number of benzene rings is 1. The molecular weight excluding hydrogens is 243 g/mol. The highest BCUT2D eigenvalue weighted by atomic mass is 35.5. The van der Waals surface area contributed by atoms with Crippen LogP contribution in [0.5, 0.6) is 0 Å². The highest BCUT2D eigenvalue weighted by molar-refractivity contribution is 6.32. The fraction of sp³-hybridized carbons (Fsp3) is 0.333. The first-order chi connectivity index (χ1) is 8.06. The molecule has 0 aliphatic heterocycles. The van der Waals surface area contributed by atoms with Crippen molar-refractivity contribution >= 4 is 23.2 Å². The number of rotatable bonds is 4. The SMILES string of the molecule is C[C@@H](Cl)C(=O)N(CCC#N)c1ccc(F)cc1. The average molecular weight is 255 g/mol. The van der Waals surface area contributed by atoms with Gasteiger partial charge in [-0.3, -0.25) is 4.79 Å². The van der Waals surface area contributed by atoms with Crippen molar-refractivity contribution in [2.75, 3.05) is 11.4 Å². The molecule has 0 saturated heterocycles. The van der Waals surface area contributed by atoms with Crippen LogP contribution in [0.1, 0.15) is 13.3 Å². The number of halogens is 2. The molecular formula is C12H12ClFN2O. The fourth-order valence-electron chi connectivity index (χ4n) is 1.36. The van der Waals surface area contributed by atoms with E-state index in [-0.39, 0.29) is 24.7 Å². The molecule has 0 unspecified atom stereocenters. The van der Waals surface area contributed by atoms with E-state index in [0.29, 0.717) is 5.69 Å². The van der Waals surface area contributed by atoms with E-state index in [4.69, 9.17) is 16.9 Å². The van der Waals surface area contributed by atoms with Crippen LogP contribution >= 0.6 is 11.6 Å². The van der Waals surface area contributed by atoms with Crippen molar-refractivity contribution in [2.24, 2.45) is 0 Å². The van der Waals surface area contributed by atoms with Crippen LogP contribution in [-0.2, 0) is 4.79 Å². The minimum Gasteiger partial charge on any atom is -0.310 e. The largest absolute Gasteiger partial charge is 0.310 e. The van der Waals surface area contributed by atoms with Crippen LogP contribution < -0.4 is 4.90 Å². The van der Waals surface area contributed by atoms with E-state index in [2.05, 4.69) is 0 Å². The van der Waals surface area contributed by atoms with Crippen LogP contribution in [0, 0.1) is 17.1 Å². The molecule has 17 heavy (non-hydrogen) atoms. The first kappa shape index (κ1) is 13.5. The molecule has 0 radical (unpaired) electrons. The van der Waals surface area contributed by atoms with Crippen molar-refractivity contribution in [2.45, 2.75) is 18.7 Å². The molecule has 90 valence electrons. The van der Waals surface area contributed by atoms with Gasteiger partial charge in [-0.05, 0) is 31.2 Å². The van der Waals surface area contributed by atoms with Gasteiger partial charge in [-0.25, -0.2) is 4.39 Å². The summed E-state index contributed by atoms with van der Waals surface area (Å²) in [4.78, 5) is 13.2. The Kier molecular flexibility index (Phi) is 4.92. The molecule has 5 heteroatoms. The summed E-state index contributed by atoms with van der Waals surface area (Å²) in [6.07, 6.45) is 0.201. The zero-order valence-corrected chi connectivity index (χ0v) is 10.1. The third-order valence-electron chi connectivity index (χ3n) is 2.19. The Morgan fingerprint density at radius 3 is 2.59 bits per heavy atom. The quantitative estimate of drug-likeness (QED) is 0.776. The minimum atomic E-state index is -0.682. The van der Waals surface area contributed by atoms with E-state index < -0.39 is 5.38 Å². The van der Waals surface area contributed by atoms with Crippen LogP contribution in [-0.4, -0.2) is 17.8 Å². The summed E-state index contributed by atoms with van der Waals surface area (Å²) >= 11 is 5.73. The topological polar surface area (TPSA) is 44.1 Å². The van der Waals surface area contributed by atoms with E-state index >= 15 is 0 Å². The summed E-state index contributed by atoms with van der Waals surface area (Å²) in [6.45, 7) is 1.81. The van der Waals surface area contributed by atoms with Crippen LogP contribution in [0.3, 0.4) is 0 Å². The summed E-state index contributed by atoms with van der Waals surface area (Å²) in [7, 11) is 0. The number of anilines is 1. The molecule has 0 fully saturated rings. The monoisotopic (exact) mass is 254 g/mol. The standard InChI is InChI=1S/C12H12ClFN2O/c1-9(13)12(17)16(8-2-7-15)11-5-3-10(14)4-6-11/h3-6,9H,2,8H2,1H3/t9-/m1/s1. The third-order valence-corrected chi connectivity index (χ3v) is 2.38. The summed E-state index contributed by atoms with van der Waals surface area (Å²) < 4.78 is 12.8. The smallest absolute Gasteiger partial charge is 0.244 e. The molecule has 3 nitrogen and oxygen atoms in total. The number of amides is 1.